The molecule has 0 fully saturated rings. The summed E-state index contributed by atoms with van der Waals surface area (Å²) in [5.74, 6) is -3.14. The summed E-state index contributed by atoms with van der Waals surface area (Å²) in [6.45, 7) is 8.14. The molecule has 10 nitrogen and oxygen atoms in total. The molecule has 0 aliphatic rings. The standard InChI is InChI=1S/C19H36N4O6S/c1-9(2)14(22-17(26)13(20)11(5)24)18(27)21-12(7-8-30-6)16(25)23-15(10(3)4)19(28)29/h9-15,24H,7-8,20H2,1-6H3,(H,21,27)(H,22,26)(H,23,25)(H,28,29). The lowest BCUT2D eigenvalue weighted by molar-refractivity contribution is -0.143. The molecule has 0 aromatic rings. The second kappa shape index (κ2) is 13.5. The Morgan fingerprint density at radius 1 is 0.867 bits per heavy atom. The van der Waals surface area contributed by atoms with Crippen LogP contribution < -0.4 is 21.7 Å². The monoisotopic (exact) mass is 448 g/mol. The molecule has 0 aliphatic heterocycles. The average molecular weight is 449 g/mol. The molecule has 0 aromatic heterocycles. The number of carbonyl (C=O) groups excluding carboxylic acids is 3. The van der Waals surface area contributed by atoms with Crippen molar-refractivity contribution >= 4 is 35.5 Å². The van der Waals surface area contributed by atoms with E-state index < -0.39 is 54.0 Å². The number of hydrogen-bond donors (Lipinski definition) is 6. The Labute approximate surface area is 182 Å². The molecule has 0 saturated heterocycles. The molecule has 0 radical (unpaired) electrons. The molecule has 3 amide bonds. The first-order chi connectivity index (χ1) is 13.8. The zero-order valence-electron chi connectivity index (χ0n) is 18.5. The average Bonchev–Trinajstić information content (AvgIpc) is 2.64. The number of hydrogen-bond acceptors (Lipinski definition) is 7. The molecule has 0 bridgehead atoms. The summed E-state index contributed by atoms with van der Waals surface area (Å²) >= 11 is 1.48. The van der Waals surface area contributed by atoms with Gasteiger partial charge >= 0.3 is 5.97 Å². The van der Waals surface area contributed by atoms with Crippen molar-refractivity contribution in [1.82, 2.24) is 16.0 Å². The van der Waals surface area contributed by atoms with Crippen LogP contribution in [0.25, 0.3) is 0 Å². The predicted octanol–water partition coefficient (Wildman–Crippen LogP) is -0.701. The number of amides is 3. The molecule has 0 heterocycles. The lowest BCUT2D eigenvalue weighted by atomic mass is 10.0. The fourth-order valence-electron chi connectivity index (χ4n) is 2.54. The predicted molar refractivity (Wildman–Crippen MR) is 116 cm³/mol. The van der Waals surface area contributed by atoms with Gasteiger partial charge in [-0.25, -0.2) is 4.79 Å². The molecule has 174 valence electrons. The third-order valence-corrected chi connectivity index (χ3v) is 5.19. The van der Waals surface area contributed by atoms with E-state index in [0.29, 0.717) is 5.75 Å². The van der Waals surface area contributed by atoms with Crippen LogP contribution in [0, 0.1) is 11.8 Å². The van der Waals surface area contributed by atoms with Gasteiger partial charge in [-0.1, -0.05) is 27.7 Å². The van der Waals surface area contributed by atoms with Crippen LogP contribution in [0.2, 0.25) is 0 Å². The molecule has 0 aliphatic carbocycles. The van der Waals surface area contributed by atoms with Gasteiger partial charge in [0, 0.05) is 0 Å². The Kier molecular flexibility index (Phi) is 12.6. The van der Waals surface area contributed by atoms with Crippen LogP contribution in [0.4, 0.5) is 0 Å². The van der Waals surface area contributed by atoms with E-state index in [1.165, 1.54) is 18.7 Å². The molecular weight excluding hydrogens is 412 g/mol. The normalized spacial score (nSPS) is 16.3. The summed E-state index contributed by atoms with van der Waals surface area (Å²) in [6.07, 6.45) is 1.04. The summed E-state index contributed by atoms with van der Waals surface area (Å²) < 4.78 is 0. The van der Waals surface area contributed by atoms with Crippen molar-refractivity contribution in [2.75, 3.05) is 12.0 Å². The first-order valence-electron chi connectivity index (χ1n) is 9.89. The van der Waals surface area contributed by atoms with Gasteiger partial charge in [0.1, 0.15) is 24.2 Å². The van der Waals surface area contributed by atoms with E-state index >= 15 is 0 Å². The fourth-order valence-corrected chi connectivity index (χ4v) is 3.01. The summed E-state index contributed by atoms with van der Waals surface area (Å²) in [7, 11) is 0. The van der Waals surface area contributed by atoms with E-state index in [4.69, 9.17) is 5.73 Å². The van der Waals surface area contributed by atoms with Crippen LogP contribution in [0.1, 0.15) is 41.0 Å². The van der Waals surface area contributed by atoms with Gasteiger partial charge in [0.2, 0.25) is 17.7 Å². The maximum Gasteiger partial charge on any atom is 0.326 e. The second-order valence-electron chi connectivity index (χ2n) is 7.91. The lowest BCUT2D eigenvalue weighted by Crippen LogP contribution is -2.59. The van der Waals surface area contributed by atoms with Gasteiger partial charge < -0.3 is 31.9 Å². The Hall–Kier alpha value is -1.85. The summed E-state index contributed by atoms with van der Waals surface area (Å²) in [5, 5.41) is 26.4. The van der Waals surface area contributed by atoms with Gasteiger partial charge in [0.15, 0.2) is 0 Å². The van der Waals surface area contributed by atoms with Gasteiger partial charge in [0.25, 0.3) is 0 Å². The van der Waals surface area contributed by atoms with Crippen molar-refractivity contribution in [2.45, 2.75) is 71.3 Å². The smallest absolute Gasteiger partial charge is 0.326 e. The number of thioether (sulfide) groups is 1. The minimum atomic E-state index is -1.20. The second-order valence-corrected chi connectivity index (χ2v) is 8.89. The maximum absolute atomic E-state index is 12.8. The minimum Gasteiger partial charge on any atom is -0.480 e. The van der Waals surface area contributed by atoms with Crippen molar-refractivity contribution in [3.8, 4) is 0 Å². The Balaban J connectivity index is 5.39. The van der Waals surface area contributed by atoms with Crippen molar-refractivity contribution in [3.63, 3.8) is 0 Å². The van der Waals surface area contributed by atoms with E-state index in [1.807, 2.05) is 6.26 Å². The van der Waals surface area contributed by atoms with E-state index in [-0.39, 0.29) is 18.3 Å². The third-order valence-electron chi connectivity index (χ3n) is 4.54. The number of aliphatic hydroxyl groups excluding tert-OH is 1. The summed E-state index contributed by atoms with van der Waals surface area (Å²) in [4.78, 5) is 49.0. The van der Waals surface area contributed by atoms with Gasteiger partial charge in [0.05, 0.1) is 6.10 Å². The highest BCUT2D eigenvalue weighted by Crippen LogP contribution is 2.08. The number of aliphatic carboxylic acids is 1. The number of carboxylic acid groups (broad SMARTS) is 1. The van der Waals surface area contributed by atoms with E-state index in [9.17, 15) is 29.4 Å². The first kappa shape index (κ1) is 28.1. The molecule has 0 aromatic carbocycles. The number of nitrogens with two attached hydrogens (primary N) is 1. The first-order valence-corrected chi connectivity index (χ1v) is 11.3. The summed E-state index contributed by atoms with van der Waals surface area (Å²) in [6, 6.07) is -4.23. The summed E-state index contributed by atoms with van der Waals surface area (Å²) in [5.41, 5.74) is 5.62. The maximum atomic E-state index is 12.8. The Morgan fingerprint density at radius 2 is 1.37 bits per heavy atom. The van der Waals surface area contributed by atoms with E-state index in [2.05, 4.69) is 16.0 Å². The highest BCUT2D eigenvalue weighted by atomic mass is 32.2. The quantitative estimate of drug-likeness (QED) is 0.215. The molecule has 5 atom stereocenters. The van der Waals surface area contributed by atoms with E-state index in [0.717, 1.165) is 0 Å². The highest BCUT2D eigenvalue weighted by Gasteiger charge is 2.32. The molecule has 0 spiro atoms. The largest absolute Gasteiger partial charge is 0.480 e. The molecule has 5 unspecified atom stereocenters. The molecule has 30 heavy (non-hydrogen) atoms. The van der Waals surface area contributed by atoms with Crippen LogP contribution in [0.15, 0.2) is 0 Å². The van der Waals surface area contributed by atoms with Crippen molar-refractivity contribution in [3.05, 3.63) is 0 Å². The zero-order valence-corrected chi connectivity index (χ0v) is 19.3. The van der Waals surface area contributed by atoms with E-state index in [1.54, 1.807) is 27.7 Å². The lowest BCUT2D eigenvalue weighted by Gasteiger charge is -2.27. The van der Waals surface area contributed by atoms with Crippen molar-refractivity contribution < 1.29 is 29.4 Å². The minimum absolute atomic E-state index is 0.287. The number of carboxylic acids is 1. The number of aliphatic hydroxyl groups is 1. The topological polar surface area (TPSA) is 171 Å². The van der Waals surface area contributed by atoms with Crippen molar-refractivity contribution in [1.29, 1.82) is 0 Å². The van der Waals surface area contributed by atoms with Crippen LogP contribution in [-0.2, 0) is 19.2 Å². The number of rotatable bonds is 13. The fraction of sp³-hybridized carbons (Fsp3) is 0.789. The van der Waals surface area contributed by atoms with Gasteiger partial charge in [-0.3, -0.25) is 14.4 Å². The Morgan fingerprint density at radius 3 is 1.77 bits per heavy atom. The van der Waals surface area contributed by atoms with Crippen LogP contribution in [-0.4, -0.2) is 76.2 Å². The zero-order chi connectivity index (χ0) is 23.6. The number of carbonyl (C=O) groups is 4. The van der Waals surface area contributed by atoms with Gasteiger partial charge in [-0.15, -0.1) is 0 Å². The molecule has 0 saturated carbocycles. The highest BCUT2D eigenvalue weighted by molar-refractivity contribution is 7.98. The van der Waals surface area contributed by atoms with Crippen molar-refractivity contribution in [2.24, 2.45) is 17.6 Å². The van der Waals surface area contributed by atoms with Gasteiger partial charge in [-0.05, 0) is 37.2 Å². The number of nitrogens with one attached hydrogen (secondary N) is 3. The SMILES string of the molecule is CSCCC(NC(=O)C(NC(=O)C(N)C(C)O)C(C)C)C(=O)NC(C(=O)O)C(C)C. The van der Waals surface area contributed by atoms with Crippen LogP contribution in [0.3, 0.4) is 0 Å². The molecular formula is C19H36N4O6S. The Bertz CT molecular complexity index is 600. The van der Waals surface area contributed by atoms with Crippen LogP contribution in [0.5, 0.6) is 0 Å². The molecule has 11 heteroatoms. The van der Waals surface area contributed by atoms with Crippen LogP contribution >= 0.6 is 11.8 Å². The van der Waals surface area contributed by atoms with Gasteiger partial charge in [-0.2, -0.15) is 11.8 Å². The molecule has 0 rings (SSSR count). The third kappa shape index (κ3) is 9.31. The molecule has 7 N–H and O–H groups in total.